The summed E-state index contributed by atoms with van der Waals surface area (Å²) in [5, 5.41) is 16.9. The fourth-order valence-corrected chi connectivity index (χ4v) is 0.852. The molecule has 0 radical (unpaired) electrons. The maximum atomic E-state index is 10.4. The molecule has 0 spiro atoms. The lowest BCUT2D eigenvalue weighted by Crippen LogP contribution is -2.14. The predicted octanol–water partition coefficient (Wildman–Crippen LogP) is 1.38. The highest BCUT2D eigenvalue weighted by atomic mass is 16.4. The van der Waals surface area contributed by atoms with E-state index in [9.17, 15) is 4.79 Å². The van der Waals surface area contributed by atoms with E-state index in [4.69, 9.17) is 10.4 Å². The second kappa shape index (κ2) is 6.72. The highest BCUT2D eigenvalue weighted by Crippen LogP contribution is 1.94. The zero-order chi connectivity index (χ0) is 11.0. The van der Waals surface area contributed by atoms with Gasteiger partial charge in [0.15, 0.2) is 0 Å². The van der Waals surface area contributed by atoms with Gasteiger partial charge in [0.25, 0.3) is 0 Å². The van der Waals surface area contributed by atoms with Crippen LogP contribution in [0.5, 0.6) is 0 Å². The minimum atomic E-state index is -1.20. The topological polar surface area (TPSA) is 64.3 Å². The fourth-order valence-electron chi connectivity index (χ4n) is 0.852. The monoisotopic (exact) mass is 194 g/mol. The summed E-state index contributed by atoms with van der Waals surface area (Å²) in [5.41, 5.74) is -0.256. The molecule has 0 aromatic rings. The number of hydrogen-bond acceptors (Lipinski definition) is 3. The lowest BCUT2D eigenvalue weighted by atomic mass is 10.3. The number of rotatable bonds is 5. The van der Waals surface area contributed by atoms with E-state index in [1.807, 2.05) is 18.7 Å². The zero-order valence-electron chi connectivity index (χ0n) is 8.40. The van der Waals surface area contributed by atoms with Gasteiger partial charge in [-0.3, -0.25) is 0 Å². The highest BCUT2D eigenvalue weighted by molar-refractivity contribution is 5.91. The molecule has 0 aliphatic carbocycles. The molecule has 0 heterocycles. The van der Waals surface area contributed by atoms with Gasteiger partial charge in [0.05, 0.1) is 0 Å². The highest BCUT2D eigenvalue weighted by Gasteiger charge is 2.02. The summed E-state index contributed by atoms with van der Waals surface area (Å²) >= 11 is 0. The van der Waals surface area contributed by atoms with Crippen LogP contribution in [0.15, 0.2) is 23.9 Å². The molecule has 4 heteroatoms. The van der Waals surface area contributed by atoms with Crippen LogP contribution in [0.1, 0.15) is 13.8 Å². The molecule has 14 heavy (non-hydrogen) atoms. The van der Waals surface area contributed by atoms with Crippen molar-refractivity contribution in [3.05, 3.63) is 23.9 Å². The molecule has 0 aliphatic heterocycles. The Morgan fingerprint density at radius 1 is 1.50 bits per heavy atom. The molecule has 4 nitrogen and oxygen atoms in total. The Labute approximate surface area is 83.8 Å². The van der Waals surface area contributed by atoms with Gasteiger partial charge in [-0.2, -0.15) is 5.26 Å². The van der Waals surface area contributed by atoms with Crippen LogP contribution in [0.3, 0.4) is 0 Å². The van der Waals surface area contributed by atoms with E-state index in [2.05, 4.69) is 0 Å². The Hall–Kier alpha value is -1.76. The SMILES string of the molecule is CCN(/C=C/C=C(\C#N)C(=O)O)CC. The minimum Gasteiger partial charge on any atom is -0.477 e. The molecule has 0 amide bonds. The standard InChI is InChI=1S/C10H14N2O2/c1-3-12(4-2)7-5-6-9(8-11)10(13)14/h5-7H,3-4H2,1-2H3,(H,13,14)/b7-5+,9-6+. The molecule has 0 unspecified atom stereocenters. The number of carboxylic acids is 1. The van der Waals surface area contributed by atoms with E-state index in [0.29, 0.717) is 0 Å². The molecule has 0 rings (SSSR count). The van der Waals surface area contributed by atoms with Crippen molar-refractivity contribution in [3.63, 3.8) is 0 Å². The van der Waals surface area contributed by atoms with E-state index in [-0.39, 0.29) is 5.57 Å². The largest absolute Gasteiger partial charge is 0.477 e. The van der Waals surface area contributed by atoms with Crippen molar-refractivity contribution in [1.82, 2.24) is 4.90 Å². The van der Waals surface area contributed by atoms with E-state index in [1.54, 1.807) is 18.3 Å². The number of nitrogens with zero attached hydrogens (tertiary/aromatic N) is 2. The van der Waals surface area contributed by atoms with Crippen molar-refractivity contribution in [2.24, 2.45) is 0 Å². The molecule has 0 bridgehead atoms. The zero-order valence-corrected chi connectivity index (χ0v) is 8.40. The Morgan fingerprint density at radius 2 is 2.07 bits per heavy atom. The number of aliphatic carboxylic acids is 1. The number of allylic oxidation sites excluding steroid dienone is 2. The second-order valence-electron chi connectivity index (χ2n) is 2.56. The lowest BCUT2D eigenvalue weighted by molar-refractivity contribution is -0.132. The van der Waals surface area contributed by atoms with Gasteiger partial charge in [-0.05, 0) is 32.2 Å². The second-order valence-corrected chi connectivity index (χ2v) is 2.56. The number of nitriles is 1. The maximum Gasteiger partial charge on any atom is 0.346 e. The van der Waals surface area contributed by atoms with Gasteiger partial charge >= 0.3 is 5.97 Å². The van der Waals surface area contributed by atoms with E-state index in [0.717, 1.165) is 13.1 Å². The van der Waals surface area contributed by atoms with Crippen LogP contribution < -0.4 is 0 Å². The van der Waals surface area contributed by atoms with Crippen molar-refractivity contribution < 1.29 is 9.90 Å². The number of carbonyl (C=O) groups is 1. The van der Waals surface area contributed by atoms with Gasteiger partial charge in [-0.15, -0.1) is 0 Å². The number of carboxylic acid groups (broad SMARTS) is 1. The Balaban J connectivity index is 4.39. The lowest BCUT2D eigenvalue weighted by Gasteiger charge is -2.13. The van der Waals surface area contributed by atoms with E-state index >= 15 is 0 Å². The first-order valence-electron chi connectivity index (χ1n) is 4.41. The average Bonchev–Trinajstić information content (AvgIpc) is 2.18. The van der Waals surface area contributed by atoms with Crippen LogP contribution in [0.25, 0.3) is 0 Å². The Morgan fingerprint density at radius 3 is 2.43 bits per heavy atom. The van der Waals surface area contributed by atoms with Gasteiger partial charge < -0.3 is 10.0 Å². The van der Waals surface area contributed by atoms with E-state index in [1.165, 1.54) is 6.08 Å². The first-order valence-corrected chi connectivity index (χ1v) is 4.41. The summed E-state index contributed by atoms with van der Waals surface area (Å²) in [6, 6.07) is 1.60. The molecular weight excluding hydrogens is 180 g/mol. The van der Waals surface area contributed by atoms with Gasteiger partial charge in [0, 0.05) is 13.1 Å². The number of hydrogen-bond donors (Lipinski definition) is 1. The summed E-state index contributed by atoms with van der Waals surface area (Å²) in [7, 11) is 0. The molecule has 0 saturated carbocycles. The van der Waals surface area contributed by atoms with Crippen molar-refractivity contribution in [1.29, 1.82) is 5.26 Å². The molecule has 0 saturated heterocycles. The quantitative estimate of drug-likeness (QED) is 0.408. The molecule has 0 aromatic heterocycles. The summed E-state index contributed by atoms with van der Waals surface area (Å²) in [6.07, 6.45) is 4.63. The van der Waals surface area contributed by atoms with Crippen molar-refractivity contribution >= 4 is 5.97 Å². The smallest absolute Gasteiger partial charge is 0.346 e. The third-order valence-electron chi connectivity index (χ3n) is 1.72. The molecule has 0 aliphatic rings. The van der Waals surface area contributed by atoms with Crippen molar-refractivity contribution in [3.8, 4) is 6.07 Å². The Kier molecular flexibility index (Phi) is 5.88. The molecule has 0 atom stereocenters. The molecule has 0 aromatic carbocycles. The van der Waals surface area contributed by atoms with Gasteiger partial charge in [0.1, 0.15) is 11.6 Å². The predicted molar refractivity (Wildman–Crippen MR) is 53.4 cm³/mol. The van der Waals surface area contributed by atoms with Crippen LogP contribution in [0.4, 0.5) is 0 Å². The van der Waals surface area contributed by atoms with Crippen LogP contribution in [-0.2, 0) is 4.79 Å². The first-order chi connectivity index (χ1) is 6.65. The first kappa shape index (κ1) is 12.2. The van der Waals surface area contributed by atoms with Gasteiger partial charge in [-0.25, -0.2) is 4.79 Å². The normalized spacial score (nSPS) is 11.4. The van der Waals surface area contributed by atoms with Crippen LogP contribution in [-0.4, -0.2) is 29.1 Å². The Bertz CT molecular complexity index is 283. The maximum absolute atomic E-state index is 10.4. The third-order valence-corrected chi connectivity index (χ3v) is 1.72. The van der Waals surface area contributed by atoms with Crippen molar-refractivity contribution in [2.45, 2.75) is 13.8 Å². The minimum absolute atomic E-state index is 0.256. The summed E-state index contributed by atoms with van der Waals surface area (Å²) in [4.78, 5) is 12.4. The van der Waals surface area contributed by atoms with Crippen LogP contribution in [0.2, 0.25) is 0 Å². The molecule has 76 valence electrons. The third kappa shape index (κ3) is 4.31. The molecule has 1 N–H and O–H groups in total. The van der Waals surface area contributed by atoms with Gasteiger partial charge in [-0.1, -0.05) is 0 Å². The summed E-state index contributed by atoms with van der Waals surface area (Å²) in [5.74, 6) is -1.20. The average molecular weight is 194 g/mol. The van der Waals surface area contributed by atoms with Gasteiger partial charge in [0.2, 0.25) is 0 Å². The summed E-state index contributed by atoms with van der Waals surface area (Å²) in [6.45, 7) is 5.71. The van der Waals surface area contributed by atoms with Crippen molar-refractivity contribution in [2.75, 3.05) is 13.1 Å². The van der Waals surface area contributed by atoms with Crippen LogP contribution in [0, 0.1) is 11.3 Å². The summed E-state index contributed by atoms with van der Waals surface area (Å²) < 4.78 is 0. The van der Waals surface area contributed by atoms with Crippen LogP contribution >= 0.6 is 0 Å². The van der Waals surface area contributed by atoms with E-state index < -0.39 is 5.97 Å². The fraction of sp³-hybridized carbons (Fsp3) is 0.400. The molecule has 0 fully saturated rings. The molecular formula is C10H14N2O2.